The van der Waals surface area contributed by atoms with Crippen LogP contribution in [0.1, 0.15) is 11.4 Å². The molecule has 2 aromatic rings. The summed E-state index contributed by atoms with van der Waals surface area (Å²) >= 11 is 5.95. The van der Waals surface area contributed by atoms with Crippen molar-refractivity contribution < 1.29 is 4.74 Å². The highest BCUT2D eigenvalue weighted by atomic mass is 35.5. The first-order valence-electron chi connectivity index (χ1n) is 4.37. The van der Waals surface area contributed by atoms with E-state index in [-0.39, 0.29) is 6.61 Å². The second-order valence-corrected chi connectivity index (χ2v) is 3.46. The number of nitrogens with zero attached hydrogens (tertiary/aromatic N) is 3. The third-order valence-corrected chi connectivity index (χ3v) is 2.14. The molecule has 2 rings (SSSR count). The second kappa shape index (κ2) is 4.27. The number of tetrazole rings is 1. The predicted molar refractivity (Wildman–Crippen MR) is 54.7 cm³/mol. The SMILES string of the molecule is Cc1ccc(Cl)c(OCc2nn[nH]n2)c1. The lowest BCUT2D eigenvalue weighted by Crippen LogP contribution is -1.98. The van der Waals surface area contributed by atoms with Crippen molar-refractivity contribution in [3.63, 3.8) is 0 Å². The number of rotatable bonds is 3. The molecule has 0 amide bonds. The Hall–Kier alpha value is -1.62. The molecule has 1 aromatic carbocycles. The Morgan fingerprint density at radius 1 is 1.47 bits per heavy atom. The van der Waals surface area contributed by atoms with Crippen molar-refractivity contribution in [2.45, 2.75) is 13.5 Å². The number of hydrogen-bond donors (Lipinski definition) is 1. The van der Waals surface area contributed by atoms with Gasteiger partial charge in [0.05, 0.1) is 5.02 Å². The summed E-state index contributed by atoms with van der Waals surface area (Å²) in [6.45, 7) is 2.22. The number of H-pyrrole nitrogens is 1. The predicted octanol–water partition coefficient (Wildman–Crippen LogP) is 1.74. The summed E-state index contributed by atoms with van der Waals surface area (Å²) in [7, 11) is 0. The standard InChI is InChI=1S/C9H9ClN4O/c1-6-2-3-7(10)8(4-6)15-5-9-11-13-14-12-9/h2-4H,5H2,1H3,(H,11,12,13,14). The van der Waals surface area contributed by atoms with Crippen molar-refractivity contribution in [2.24, 2.45) is 0 Å². The molecule has 0 aliphatic carbocycles. The average Bonchev–Trinajstić information content (AvgIpc) is 2.72. The van der Waals surface area contributed by atoms with Gasteiger partial charge in [-0.05, 0) is 24.6 Å². The lowest BCUT2D eigenvalue weighted by molar-refractivity contribution is 0.296. The Balaban J connectivity index is 2.07. The van der Waals surface area contributed by atoms with E-state index < -0.39 is 0 Å². The van der Waals surface area contributed by atoms with E-state index in [1.165, 1.54) is 0 Å². The molecule has 6 heteroatoms. The van der Waals surface area contributed by atoms with Crippen LogP contribution in [-0.4, -0.2) is 20.6 Å². The first-order valence-corrected chi connectivity index (χ1v) is 4.75. The maximum Gasteiger partial charge on any atom is 0.211 e. The Labute approximate surface area is 91.4 Å². The number of aryl methyl sites for hydroxylation is 1. The van der Waals surface area contributed by atoms with Gasteiger partial charge in [0.2, 0.25) is 5.82 Å². The first kappa shape index (κ1) is 9.92. The molecule has 0 radical (unpaired) electrons. The molecule has 0 bridgehead atoms. The van der Waals surface area contributed by atoms with Crippen LogP contribution in [0.15, 0.2) is 18.2 Å². The van der Waals surface area contributed by atoms with Crippen molar-refractivity contribution in [2.75, 3.05) is 0 Å². The molecule has 0 spiro atoms. The molecule has 0 atom stereocenters. The van der Waals surface area contributed by atoms with Gasteiger partial charge in [-0.2, -0.15) is 5.21 Å². The molecule has 1 aromatic heterocycles. The van der Waals surface area contributed by atoms with E-state index in [2.05, 4.69) is 20.6 Å². The van der Waals surface area contributed by atoms with Gasteiger partial charge in [-0.25, -0.2) is 0 Å². The molecule has 0 unspecified atom stereocenters. The summed E-state index contributed by atoms with van der Waals surface area (Å²) in [6.07, 6.45) is 0. The quantitative estimate of drug-likeness (QED) is 0.863. The van der Waals surface area contributed by atoms with E-state index in [4.69, 9.17) is 16.3 Å². The summed E-state index contributed by atoms with van der Waals surface area (Å²) in [5.41, 5.74) is 1.09. The van der Waals surface area contributed by atoms with E-state index in [0.717, 1.165) is 5.56 Å². The van der Waals surface area contributed by atoms with Gasteiger partial charge in [0, 0.05) is 0 Å². The van der Waals surface area contributed by atoms with Gasteiger partial charge in [-0.15, -0.1) is 10.2 Å². The summed E-state index contributed by atoms with van der Waals surface area (Å²) in [5.74, 6) is 1.12. The summed E-state index contributed by atoms with van der Waals surface area (Å²) in [6, 6.07) is 5.58. The summed E-state index contributed by atoms with van der Waals surface area (Å²) in [4.78, 5) is 0. The zero-order chi connectivity index (χ0) is 10.7. The monoisotopic (exact) mass is 224 g/mol. The smallest absolute Gasteiger partial charge is 0.211 e. The minimum Gasteiger partial charge on any atom is -0.484 e. The van der Waals surface area contributed by atoms with Gasteiger partial charge in [-0.3, -0.25) is 0 Å². The zero-order valence-electron chi connectivity index (χ0n) is 8.07. The fourth-order valence-corrected chi connectivity index (χ4v) is 1.28. The first-order chi connectivity index (χ1) is 7.25. The zero-order valence-corrected chi connectivity index (χ0v) is 8.82. The highest BCUT2D eigenvalue weighted by molar-refractivity contribution is 6.32. The third-order valence-electron chi connectivity index (χ3n) is 1.83. The lowest BCUT2D eigenvalue weighted by Gasteiger charge is -2.06. The van der Waals surface area contributed by atoms with Crippen LogP contribution < -0.4 is 4.74 Å². The van der Waals surface area contributed by atoms with Gasteiger partial charge in [0.15, 0.2) is 6.61 Å². The molecule has 5 nitrogen and oxygen atoms in total. The van der Waals surface area contributed by atoms with E-state index in [9.17, 15) is 0 Å². The van der Waals surface area contributed by atoms with E-state index in [1.807, 2.05) is 19.1 Å². The Morgan fingerprint density at radius 2 is 2.33 bits per heavy atom. The number of benzene rings is 1. The maximum absolute atomic E-state index is 5.95. The normalized spacial score (nSPS) is 10.3. The molecule has 0 saturated heterocycles. The molecule has 78 valence electrons. The van der Waals surface area contributed by atoms with Gasteiger partial charge in [0.25, 0.3) is 0 Å². The summed E-state index contributed by atoms with van der Waals surface area (Å²) in [5, 5.41) is 13.9. The number of aromatic amines is 1. The van der Waals surface area contributed by atoms with Crippen molar-refractivity contribution in [3.8, 4) is 5.75 Å². The maximum atomic E-state index is 5.95. The molecule has 15 heavy (non-hydrogen) atoms. The second-order valence-electron chi connectivity index (χ2n) is 3.05. The highest BCUT2D eigenvalue weighted by Crippen LogP contribution is 2.25. The molecule has 0 saturated carbocycles. The number of hydrogen-bond acceptors (Lipinski definition) is 4. The molecule has 1 N–H and O–H groups in total. The summed E-state index contributed by atoms with van der Waals surface area (Å²) < 4.78 is 5.45. The highest BCUT2D eigenvalue weighted by Gasteiger charge is 2.04. The third kappa shape index (κ3) is 2.44. The van der Waals surface area contributed by atoms with Crippen molar-refractivity contribution >= 4 is 11.6 Å². The molecular formula is C9H9ClN4O. The largest absolute Gasteiger partial charge is 0.484 e. The Kier molecular flexibility index (Phi) is 2.82. The van der Waals surface area contributed by atoms with E-state index >= 15 is 0 Å². The molecule has 0 aliphatic heterocycles. The van der Waals surface area contributed by atoms with Crippen LogP contribution in [-0.2, 0) is 6.61 Å². The van der Waals surface area contributed by atoms with Crippen LogP contribution in [0.4, 0.5) is 0 Å². The van der Waals surface area contributed by atoms with E-state index in [0.29, 0.717) is 16.6 Å². The number of nitrogens with one attached hydrogen (secondary N) is 1. The van der Waals surface area contributed by atoms with Gasteiger partial charge >= 0.3 is 0 Å². The number of aromatic nitrogens is 4. The lowest BCUT2D eigenvalue weighted by atomic mass is 10.2. The average molecular weight is 225 g/mol. The van der Waals surface area contributed by atoms with Gasteiger partial charge < -0.3 is 4.74 Å². The fraction of sp³-hybridized carbons (Fsp3) is 0.222. The van der Waals surface area contributed by atoms with Crippen LogP contribution in [0, 0.1) is 6.92 Å². The van der Waals surface area contributed by atoms with Crippen LogP contribution in [0.2, 0.25) is 5.02 Å². The topological polar surface area (TPSA) is 63.7 Å². The minimum absolute atomic E-state index is 0.250. The molecule has 0 aliphatic rings. The van der Waals surface area contributed by atoms with Gasteiger partial charge in [-0.1, -0.05) is 22.9 Å². The van der Waals surface area contributed by atoms with Gasteiger partial charge in [0.1, 0.15) is 5.75 Å². The van der Waals surface area contributed by atoms with Crippen molar-refractivity contribution in [3.05, 3.63) is 34.6 Å². The van der Waals surface area contributed by atoms with Crippen molar-refractivity contribution in [1.29, 1.82) is 0 Å². The van der Waals surface area contributed by atoms with E-state index in [1.54, 1.807) is 6.07 Å². The fourth-order valence-electron chi connectivity index (χ4n) is 1.11. The Morgan fingerprint density at radius 3 is 3.07 bits per heavy atom. The van der Waals surface area contributed by atoms with Crippen molar-refractivity contribution in [1.82, 2.24) is 20.6 Å². The number of ether oxygens (including phenoxy) is 1. The number of halogens is 1. The van der Waals surface area contributed by atoms with Crippen LogP contribution in [0.25, 0.3) is 0 Å². The van der Waals surface area contributed by atoms with Crippen LogP contribution >= 0.6 is 11.6 Å². The van der Waals surface area contributed by atoms with Crippen LogP contribution in [0.3, 0.4) is 0 Å². The minimum atomic E-state index is 0.250. The molecular weight excluding hydrogens is 216 g/mol. The molecule has 0 fully saturated rings. The molecule has 1 heterocycles. The Bertz CT molecular complexity index is 443. The van der Waals surface area contributed by atoms with Crippen LogP contribution in [0.5, 0.6) is 5.75 Å².